The summed E-state index contributed by atoms with van der Waals surface area (Å²) in [5.41, 5.74) is 6.52. The van der Waals surface area contributed by atoms with Gasteiger partial charge in [0.05, 0.1) is 13.2 Å². The molecule has 3 rings (SSSR count). The van der Waals surface area contributed by atoms with Crippen molar-refractivity contribution in [3.05, 3.63) is 0 Å². The first-order chi connectivity index (χ1) is 9.20. The Morgan fingerprint density at radius 1 is 1.26 bits per heavy atom. The topological polar surface area (TPSA) is 41.7 Å². The van der Waals surface area contributed by atoms with Crippen LogP contribution in [0.2, 0.25) is 0 Å². The van der Waals surface area contributed by atoms with Crippen LogP contribution in [0.4, 0.5) is 0 Å². The minimum absolute atomic E-state index is 0.239. The van der Waals surface area contributed by atoms with Crippen molar-refractivity contribution in [2.75, 3.05) is 33.4 Å². The molecule has 0 aliphatic carbocycles. The smallest absolute Gasteiger partial charge is 0.0622 e. The molecule has 0 spiro atoms. The first-order valence-electron chi connectivity index (χ1n) is 7.96. The van der Waals surface area contributed by atoms with Crippen molar-refractivity contribution in [1.29, 1.82) is 0 Å². The minimum Gasteiger partial charge on any atom is -0.378 e. The molecule has 0 radical (unpaired) electrons. The number of hydrogen-bond acceptors (Lipinski definition) is 4. The molecule has 2 bridgehead atoms. The summed E-state index contributed by atoms with van der Waals surface area (Å²) in [7, 11) is 2.30. The number of fused-ring (bicyclic) bond motifs is 2. The Hall–Kier alpha value is -0.160. The summed E-state index contributed by atoms with van der Waals surface area (Å²) in [6, 6.07) is 2.07. The molecule has 0 aromatic rings. The van der Waals surface area contributed by atoms with Gasteiger partial charge in [0.25, 0.3) is 0 Å². The number of nitrogens with two attached hydrogens (primary N) is 1. The number of morpholine rings is 1. The van der Waals surface area contributed by atoms with Gasteiger partial charge in [0.1, 0.15) is 0 Å². The highest BCUT2D eigenvalue weighted by atomic mass is 16.5. The van der Waals surface area contributed by atoms with Crippen LogP contribution in [-0.4, -0.2) is 66.8 Å². The van der Waals surface area contributed by atoms with Crippen LogP contribution in [0.25, 0.3) is 0 Å². The molecule has 0 aromatic carbocycles. The summed E-state index contributed by atoms with van der Waals surface area (Å²) in [6.45, 7) is 5.93. The Balaban J connectivity index is 1.83. The molecular weight excluding hydrogens is 238 g/mol. The van der Waals surface area contributed by atoms with Crippen molar-refractivity contribution in [3.8, 4) is 0 Å². The minimum atomic E-state index is 0.239. The number of nitrogens with zero attached hydrogens (tertiary/aromatic N) is 2. The summed E-state index contributed by atoms with van der Waals surface area (Å²) in [4.78, 5) is 5.32. The fourth-order valence-corrected chi connectivity index (χ4v) is 4.68. The predicted molar refractivity (Wildman–Crippen MR) is 77.2 cm³/mol. The van der Waals surface area contributed by atoms with Gasteiger partial charge in [-0.3, -0.25) is 4.90 Å². The van der Waals surface area contributed by atoms with E-state index in [0.29, 0.717) is 6.04 Å². The fourth-order valence-electron chi connectivity index (χ4n) is 4.68. The maximum atomic E-state index is 6.28. The highest BCUT2D eigenvalue weighted by molar-refractivity contribution is 5.08. The standard InChI is InChI=1S/C15H29N3O/c1-3-12-10-19-7-6-18(12)15(11-16)8-13-4-5-14(9-15)17(13)2/h12-14H,3-11,16H2,1-2H3. The molecule has 3 unspecified atom stereocenters. The predicted octanol–water partition coefficient (Wildman–Crippen LogP) is 1.05. The van der Waals surface area contributed by atoms with Gasteiger partial charge in [0, 0.05) is 36.8 Å². The molecule has 3 heterocycles. The van der Waals surface area contributed by atoms with Crippen LogP contribution in [0.1, 0.15) is 39.0 Å². The van der Waals surface area contributed by atoms with E-state index in [1.807, 2.05) is 0 Å². The summed E-state index contributed by atoms with van der Waals surface area (Å²) in [6.07, 6.45) is 6.42. The second kappa shape index (κ2) is 5.32. The highest BCUT2D eigenvalue weighted by Gasteiger charge is 2.50. The molecular formula is C15H29N3O. The Labute approximate surface area is 117 Å². The van der Waals surface area contributed by atoms with E-state index in [4.69, 9.17) is 10.5 Å². The second-order valence-corrected chi connectivity index (χ2v) is 6.72. The van der Waals surface area contributed by atoms with Crippen molar-refractivity contribution in [3.63, 3.8) is 0 Å². The second-order valence-electron chi connectivity index (χ2n) is 6.72. The SMILES string of the molecule is CCC1COCCN1C1(CN)CC2CCC(C1)N2C. The molecule has 19 heavy (non-hydrogen) atoms. The molecule has 3 aliphatic rings. The van der Waals surface area contributed by atoms with Crippen molar-refractivity contribution in [2.45, 2.75) is 62.7 Å². The Morgan fingerprint density at radius 2 is 1.95 bits per heavy atom. The molecule has 3 atom stereocenters. The molecule has 0 aromatic heterocycles. The molecule has 4 nitrogen and oxygen atoms in total. The van der Waals surface area contributed by atoms with Gasteiger partial charge >= 0.3 is 0 Å². The Kier molecular flexibility index (Phi) is 3.87. The fraction of sp³-hybridized carbons (Fsp3) is 1.00. The van der Waals surface area contributed by atoms with Gasteiger partial charge in [-0.1, -0.05) is 6.92 Å². The lowest BCUT2D eigenvalue weighted by molar-refractivity contribution is -0.0916. The van der Waals surface area contributed by atoms with E-state index in [0.717, 1.165) is 38.4 Å². The van der Waals surface area contributed by atoms with Crippen LogP contribution < -0.4 is 5.73 Å². The van der Waals surface area contributed by atoms with Crippen LogP contribution in [0.5, 0.6) is 0 Å². The van der Waals surface area contributed by atoms with E-state index in [1.165, 1.54) is 32.1 Å². The van der Waals surface area contributed by atoms with Gasteiger partial charge in [-0.25, -0.2) is 0 Å². The third-order valence-corrected chi connectivity index (χ3v) is 5.90. The molecule has 3 aliphatic heterocycles. The quantitative estimate of drug-likeness (QED) is 0.830. The maximum absolute atomic E-state index is 6.28. The third-order valence-electron chi connectivity index (χ3n) is 5.90. The lowest BCUT2D eigenvalue weighted by atomic mass is 9.80. The largest absolute Gasteiger partial charge is 0.378 e. The normalized spacial score (nSPS) is 44.7. The summed E-state index contributed by atoms with van der Waals surface area (Å²) >= 11 is 0. The first kappa shape index (κ1) is 13.8. The zero-order valence-electron chi connectivity index (χ0n) is 12.5. The number of rotatable bonds is 3. The van der Waals surface area contributed by atoms with E-state index >= 15 is 0 Å². The number of hydrogen-bond donors (Lipinski definition) is 1. The Morgan fingerprint density at radius 3 is 2.53 bits per heavy atom. The lowest BCUT2D eigenvalue weighted by Gasteiger charge is -2.54. The first-order valence-corrected chi connectivity index (χ1v) is 7.96. The van der Waals surface area contributed by atoms with Crippen LogP contribution >= 0.6 is 0 Å². The van der Waals surface area contributed by atoms with Gasteiger partial charge in [-0.15, -0.1) is 0 Å². The van der Waals surface area contributed by atoms with Crippen LogP contribution in [-0.2, 0) is 4.74 Å². The van der Waals surface area contributed by atoms with E-state index in [9.17, 15) is 0 Å². The molecule has 4 heteroatoms. The molecule has 3 fully saturated rings. The monoisotopic (exact) mass is 267 g/mol. The average Bonchev–Trinajstić information content (AvgIpc) is 2.69. The molecule has 110 valence electrons. The van der Waals surface area contributed by atoms with E-state index in [1.54, 1.807) is 0 Å². The van der Waals surface area contributed by atoms with Crippen molar-refractivity contribution in [1.82, 2.24) is 9.80 Å². The molecule has 3 saturated heterocycles. The van der Waals surface area contributed by atoms with Crippen molar-refractivity contribution < 1.29 is 4.74 Å². The number of piperidine rings is 1. The van der Waals surface area contributed by atoms with Gasteiger partial charge in [-0.2, -0.15) is 0 Å². The highest BCUT2D eigenvalue weighted by Crippen LogP contribution is 2.43. The van der Waals surface area contributed by atoms with E-state index < -0.39 is 0 Å². The molecule has 2 N–H and O–H groups in total. The van der Waals surface area contributed by atoms with E-state index in [2.05, 4.69) is 23.8 Å². The van der Waals surface area contributed by atoms with Crippen LogP contribution in [0.15, 0.2) is 0 Å². The zero-order chi connectivity index (χ0) is 13.5. The molecule has 0 amide bonds. The summed E-state index contributed by atoms with van der Waals surface area (Å²) in [5, 5.41) is 0. The van der Waals surface area contributed by atoms with Gasteiger partial charge < -0.3 is 15.4 Å². The van der Waals surface area contributed by atoms with Crippen LogP contribution in [0, 0.1) is 0 Å². The zero-order valence-corrected chi connectivity index (χ0v) is 12.5. The van der Waals surface area contributed by atoms with Gasteiger partial charge in [0.15, 0.2) is 0 Å². The molecule has 0 saturated carbocycles. The lowest BCUT2D eigenvalue weighted by Crippen LogP contribution is -2.66. The third kappa shape index (κ3) is 2.23. The maximum Gasteiger partial charge on any atom is 0.0622 e. The Bertz CT molecular complexity index is 309. The van der Waals surface area contributed by atoms with Gasteiger partial charge in [-0.05, 0) is 39.2 Å². The van der Waals surface area contributed by atoms with Gasteiger partial charge in [0.2, 0.25) is 0 Å². The number of ether oxygens (including phenoxy) is 1. The van der Waals surface area contributed by atoms with Crippen molar-refractivity contribution >= 4 is 0 Å². The summed E-state index contributed by atoms with van der Waals surface area (Å²) in [5.74, 6) is 0. The van der Waals surface area contributed by atoms with Crippen LogP contribution in [0.3, 0.4) is 0 Å². The van der Waals surface area contributed by atoms with E-state index in [-0.39, 0.29) is 5.54 Å². The summed E-state index contributed by atoms with van der Waals surface area (Å²) < 4.78 is 5.68. The average molecular weight is 267 g/mol. The van der Waals surface area contributed by atoms with Crippen molar-refractivity contribution in [2.24, 2.45) is 5.73 Å².